The van der Waals surface area contributed by atoms with Gasteiger partial charge in [0.25, 0.3) is 11.8 Å². The van der Waals surface area contributed by atoms with Crippen molar-refractivity contribution in [3.63, 3.8) is 0 Å². The van der Waals surface area contributed by atoms with Gasteiger partial charge in [-0.1, -0.05) is 6.07 Å². The van der Waals surface area contributed by atoms with Gasteiger partial charge in [0.05, 0.1) is 30.6 Å². The average molecular weight is 445 g/mol. The number of fused-ring (bicyclic) bond motifs is 4. The molecule has 2 amide bonds. The SMILES string of the molecule is O=C(c1ccc2c(c1)CCC1[C@@H]2CCCN1C(=O)c1ccc2nc[nH]c2c1)N1CCOCC1. The van der Waals surface area contributed by atoms with Crippen LogP contribution in [-0.4, -0.2) is 70.5 Å². The van der Waals surface area contributed by atoms with Crippen molar-refractivity contribution in [3.8, 4) is 0 Å². The Hall–Kier alpha value is -3.19. The van der Waals surface area contributed by atoms with E-state index in [0.29, 0.717) is 37.8 Å². The number of aromatic amines is 1. The van der Waals surface area contributed by atoms with Gasteiger partial charge in [-0.05, 0) is 67.1 Å². The van der Waals surface area contributed by atoms with Crippen LogP contribution in [0.15, 0.2) is 42.7 Å². The lowest BCUT2D eigenvalue weighted by atomic mass is 9.73. The van der Waals surface area contributed by atoms with E-state index >= 15 is 0 Å². The molecule has 2 saturated heterocycles. The molecular weight excluding hydrogens is 416 g/mol. The molecule has 1 aromatic heterocycles. The number of likely N-dealkylation sites (tertiary alicyclic amines) is 1. The first-order valence-electron chi connectivity index (χ1n) is 11.9. The Kier molecular flexibility index (Phi) is 5.14. The Morgan fingerprint density at radius 3 is 2.67 bits per heavy atom. The van der Waals surface area contributed by atoms with Crippen LogP contribution >= 0.6 is 0 Å². The molecule has 6 rings (SSSR count). The summed E-state index contributed by atoms with van der Waals surface area (Å²) >= 11 is 0. The second kappa shape index (κ2) is 8.30. The maximum atomic E-state index is 13.5. The number of morpholine rings is 1. The number of benzene rings is 2. The van der Waals surface area contributed by atoms with E-state index in [9.17, 15) is 9.59 Å². The van der Waals surface area contributed by atoms with E-state index in [1.165, 1.54) is 11.1 Å². The Morgan fingerprint density at radius 1 is 0.970 bits per heavy atom. The molecule has 33 heavy (non-hydrogen) atoms. The van der Waals surface area contributed by atoms with Gasteiger partial charge >= 0.3 is 0 Å². The molecule has 2 atom stereocenters. The zero-order valence-corrected chi connectivity index (χ0v) is 18.6. The highest BCUT2D eigenvalue weighted by Crippen LogP contribution is 2.41. The van der Waals surface area contributed by atoms with E-state index in [-0.39, 0.29) is 17.9 Å². The van der Waals surface area contributed by atoms with Crippen LogP contribution < -0.4 is 0 Å². The second-order valence-electron chi connectivity index (χ2n) is 9.31. The van der Waals surface area contributed by atoms with Crippen LogP contribution in [0, 0.1) is 0 Å². The van der Waals surface area contributed by atoms with E-state index in [2.05, 4.69) is 27.0 Å². The van der Waals surface area contributed by atoms with Gasteiger partial charge in [-0.25, -0.2) is 4.98 Å². The Bertz CT molecular complexity index is 1210. The summed E-state index contributed by atoms with van der Waals surface area (Å²) < 4.78 is 5.38. The normalized spacial score (nSPS) is 22.7. The van der Waals surface area contributed by atoms with Crippen LogP contribution in [0.2, 0.25) is 0 Å². The van der Waals surface area contributed by atoms with Crippen LogP contribution in [0.4, 0.5) is 0 Å². The fraction of sp³-hybridized carbons (Fsp3) is 0.423. The third kappa shape index (κ3) is 3.60. The van der Waals surface area contributed by atoms with Gasteiger partial charge in [-0.2, -0.15) is 0 Å². The average Bonchev–Trinajstić information content (AvgIpc) is 3.35. The number of hydrogen-bond acceptors (Lipinski definition) is 4. The van der Waals surface area contributed by atoms with Crippen LogP contribution in [0.3, 0.4) is 0 Å². The number of piperidine rings is 1. The molecule has 0 radical (unpaired) electrons. The number of nitrogens with zero attached hydrogens (tertiary/aromatic N) is 3. The first kappa shape index (κ1) is 20.4. The first-order valence-corrected chi connectivity index (χ1v) is 11.9. The number of carbonyl (C=O) groups excluding carboxylic acids is 2. The summed E-state index contributed by atoms with van der Waals surface area (Å²) in [4.78, 5) is 37.8. The third-order valence-corrected chi connectivity index (χ3v) is 7.50. The highest BCUT2D eigenvalue weighted by atomic mass is 16.5. The Labute approximate surface area is 192 Å². The number of imidazole rings is 1. The number of aryl methyl sites for hydroxylation is 1. The van der Waals surface area contributed by atoms with E-state index < -0.39 is 0 Å². The van der Waals surface area contributed by atoms with Crippen molar-refractivity contribution in [3.05, 3.63) is 65.0 Å². The molecule has 1 aliphatic carbocycles. The molecule has 2 aliphatic heterocycles. The number of carbonyl (C=O) groups is 2. The molecule has 0 saturated carbocycles. The molecule has 7 heteroatoms. The maximum absolute atomic E-state index is 13.5. The summed E-state index contributed by atoms with van der Waals surface area (Å²) in [5.41, 5.74) is 5.82. The molecule has 0 bridgehead atoms. The zero-order chi connectivity index (χ0) is 22.4. The lowest BCUT2D eigenvalue weighted by Gasteiger charge is -2.45. The fourth-order valence-electron chi connectivity index (χ4n) is 5.83. The fourth-order valence-corrected chi connectivity index (χ4v) is 5.83. The van der Waals surface area contributed by atoms with Crippen LogP contribution in [0.5, 0.6) is 0 Å². The van der Waals surface area contributed by atoms with Gasteiger partial charge < -0.3 is 19.5 Å². The maximum Gasteiger partial charge on any atom is 0.254 e. The van der Waals surface area contributed by atoms with Crippen molar-refractivity contribution in [2.45, 2.75) is 37.6 Å². The monoisotopic (exact) mass is 444 g/mol. The van der Waals surface area contributed by atoms with Crippen molar-refractivity contribution in [1.29, 1.82) is 0 Å². The molecule has 7 nitrogen and oxygen atoms in total. The van der Waals surface area contributed by atoms with E-state index in [0.717, 1.165) is 48.8 Å². The Balaban J connectivity index is 1.24. The van der Waals surface area contributed by atoms with Gasteiger partial charge in [0.15, 0.2) is 0 Å². The number of hydrogen-bond donors (Lipinski definition) is 1. The number of aromatic nitrogens is 2. The van der Waals surface area contributed by atoms with Crippen molar-refractivity contribution >= 4 is 22.8 Å². The predicted molar refractivity (Wildman–Crippen MR) is 124 cm³/mol. The van der Waals surface area contributed by atoms with Gasteiger partial charge in [-0.15, -0.1) is 0 Å². The van der Waals surface area contributed by atoms with Crippen molar-refractivity contribution in [2.75, 3.05) is 32.8 Å². The summed E-state index contributed by atoms with van der Waals surface area (Å²) in [6.07, 6.45) is 5.56. The minimum atomic E-state index is 0.0953. The lowest BCUT2D eigenvalue weighted by Crippen LogP contribution is -2.49. The smallest absolute Gasteiger partial charge is 0.254 e. The van der Waals surface area contributed by atoms with E-state index in [4.69, 9.17) is 4.74 Å². The summed E-state index contributed by atoms with van der Waals surface area (Å²) in [5.74, 6) is 0.525. The van der Waals surface area contributed by atoms with E-state index in [1.807, 2.05) is 29.2 Å². The molecule has 1 unspecified atom stereocenters. The largest absolute Gasteiger partial charge is 0.378 e. The quantitative estimate of drug-likeness (QED) is 0.657. The number of H-pyrrole nitrogens is 1. The lowest BCUT2D eigenvalue weighted by molar-refractivity contribution is 0.0303. The topological polar surface area (TPSA) is 78.5 Å². The number of ether oxygens (including phenoxy) is 1. The summed E-state index contributed by atoms with van der Waals surface area (Å²) in [6.45, 7) is 3.32. The summed E-state index contributed by atoms with van der Waals surface area (Å²) in [6, 6.07) is 12.1. The zero-order valence-electron chi connectivity index (χ0n) is 18.6. The summed E-state index contributed by atoms with van der Waals surface area (Å²) in [5, 5.41) is 0. The van der Waals surface area contributed by atoms with Gasteiger partial charge in [0.2, 0.25) is 0 Å². The van der Waals surface area contributed by atoms with Crippen molar-refractivity contribution in [2.24, 2.45) is 0 Å². The molecule has 3 aliphatic rings. The molecule has 3 aromatic rings. The minimum Gasteiger partial charge on any atom is -0.378 e. The van der Waals surface area contributed by atoms with Crippen LogP contribution in [0.25, 0.3) is 11.0 Å². The first-order chi connectivity index (χ1) is 16.2. The van der Waals surface area contributed by atoms with Crippen LogP contribution in [-0.2, 0) is 11.2 Å². The second-order valence-corrected chi connectivity index (χ2v) is 9.31. The van der Waals surface area contributed by atoms with Crippen molar-refractivity contribution in [1.82, 2.24) is 19.8 Å². The molecule has 2 aromatic carbocycles. The molecule has 1 N–H and O–H groups in total. The molecular formula is C26H28N4O3. The van der Waals surface area contributed by atoms with Gasteiger partial charge in [-0.3, -0.25) is 9.59 Å². The highest BCUT2D eigenvalue weighted by molar-refractivity contribution is 5.98. The van der Waals surface area contributed by atoms with Gasteiger partial charge in [0.1, 0.15) is 0 Å². The number of amides is 2. The third-order valence-electron chi connectivity index (χ3n) is 7.50. The Morgan fingerprint density at radius 2 is 1.79 bits per heavy atom. The standard InChI is InChI=1S/C26H28N4O3/c31-25(29-10-12-33-13-11-29)18-3-6-20-17(14-18)5-8-24-21(20)2-1-9-30(24)26(32)19-4-7-22-23(15-19)28-16-27-22/h3-4,6-7,14-16,21,24H,1-2,5,8-13H2,(H,27,28)/t21-,24?/m1/s1. The predicted octanol–water partition coefficient (Wildman–Crippen LogP) is 3.37. The number of rotatable bonds is 2. The highest BCUT2D eigenvalue weighted by Gasteiger charge is 2.39. The molecule has 170 valence electrons. The summed E-state index contributed by atoms with van der Waals surface area (Å²) in [7, 11) is 0. The van der Waals surface area contributed by atoms with E-state index in [1.54, 1.807) is 6.33 Å². The molecule has 3 heterocycles. The van der Waals surface area contributed by atoms with Gasteiger partial charge in [0, 0.05) is 42.7 Å². The molecule has 0 spiro atoms. The van der Waals surface area contributed by atoms with Crippen LogP contribution in [0.1, 0.15) is 57.0 Å². The van der Waals surface area contributed by atoms with Crippen molar-refractivity contribution < 1.29 is 14.3 Å². The molecule has 2 fully saturated rings. The minimum absolute atomic E-state index is 0.0953. The number of nitrogens with one attached hydrogen (secondary N) is 1.